The van der Waals surface area contributed by atoms with Gasteiger partial charge in [-0.25, -0.2) is 27.6 Å². The van der Waals surface area contributed by atoms with Gasteiger partial charge in [-0.15, -0.1) is 23.1 Å². The van der Waals surface area contributed by atoms with Gasteiger partial charge in [-0.2, -0.15) is 0 Å². The fraction of sp³-hybridized carbons (Fsp3) is 0.240. The normalized spacial score (nSPS) is 12.2. The molecule has 1 amide bonds. The molecule has 0 unspecified atom stereocenters. The van der Waals surface area contributed by atoms with Gasteiger partial charge >= 0.3 is 6.09 Å². The molecule has 0 saturated heterocycles. The molecule has 4 aromatic rings. The number of carbonyl (C=O) groups is 1. The number of thioether (sulfide) groups is 1. The van der Waals surface area contributed by atoms with E-state index in [2.05, 4.69) is 31.2 Å². The Morgan fingerprint density at radius 1 is 1.32 bits per heavy atom. The third kappa shape index (κ3) is 6.94. The zero-order chi connectivity index (χ0) is 30.1. The summed E-state index contributed by atoms with van der Waals surface area (Å²) in [5.41, 5.74) is -0.107. The molecule has 2 aromatic heterocycles. The molecule has 0 fully saturated rings. The number of amides is 1. The quantitative estimate of drug-likeness (QED) is 0.0710. The number of halogens is 2. The van der Waals surface area contributed by atoms with E-state index < -0.39 is 32.3 Å². The highest BCUT2D eigenvalue weighted by atomic mass is 79.9. The molecule has 0 aliphatic heterocycles. The molecule has 0 aliphatic rings. The molecule has 11 nitrogen and oxygen atoms in total. The minimum Gasteiger partial charge on any atom is -0.444 e. The maximum atomic E-state index is 14.4. The third-order valence-electron chi connectivity index (χ3n) is 5.44. The van der Waals surface area contributed by atoms with E-state index in [-0.39, 0.29) is 32.6 Å². The summed E-state index contributed by atoms with van der Waals surface area (Å²) in [6, 6.07) is 7.55. The molecule has 0 spiro atoms. The first-order valence-electron chi connectivity index (χ1n) is 11.7. The first-order valence-corrected chi connectivity index (χ1v) is 16.0. The lowest BCUT2D eigenvalue weighted by atomic mass is 10.2. The van der Waals surface area contributed by atoms with Gasteiger partial charge in [0.2, 0.25) is 9.84 Å². The molecule has 0 bridgehead atoms. The summed E-state index contributed by atoms with van der Waals surface area (Å²) < 4.78 is 49.7. The van der Waals surface area contributed by atoms with Crippen molar-refractivity contribution in [2.45, 2.75) is 46.9 Å². The van der Waals surface area contributed by atoms with E-state index in [9.17, 15) is 27.7 Å². The van der Waals surface area contributed by atoms with Crippen molar-refractivity contribution in [1.82, 2.24) is 14.9 Å². The average molecular weight is 685 g/mol. The number of hydrogen-bond acceptors (Lipinski definition) is 10. The number of carbonyl (C=O) groups excluding carboxylic acids is 1. The number of aliphatic imine (C=N–C) groups is 1. The van der Waals surface area contributed by atoms with E-state index >= 15 is 0 Å². The molecule has 41 heavy (non-hydrogen) atoms. The molecular formula is C25H23BrFN5O6S3. The average Bonchev–Trinajstić information content (AvgIpc) is 3.49. The number of nitrogens with one attached hydrogen (secondary N) is 1. The number of rotatable bonds is 8. The van der Waals surface area contributed by atoms with E-state index in [4.69, 9.17) is 4.74 Å². The number of hydrogen-bond donors (Lipinski definition) is 1. The van der Waals surface area contributed by atoms with Crippen LogP contribution in [0, 0.1) is 15.9 Å². The third-order valence-corrected chi connectivity index (χ3v) is 10.0. The van der Waals surface area contributed by atoms with Crippen LogP contribution in [0.15, 0.2) is 66.2 Å². The van der Waals surface area contributed by atoms with E-state index in [1.54, 1.807) is 31.6 Å². The van der Waals surface area contributed by atoms with Gasteiger partial charge in [0.05, 0.1) is 44.3 Å². The number of sulfone groups is 1. The van der Waals surface area contributed by atoms with Crippen LogP contribution in [0.2, 0.25) is 0 Å². The highest BCUT2D eigenvalue weighted by molar-refractivity contribution is 9.10. The minimum absolute atomic E-state index is 0.0570. The van der Waals surface area contributed by atoms with Gasteiger partial charge in [-0.05, 0) is 67.2 Å². The molecule has 0 atom stereocenters. The van der Waals surface area contributed by atoms with Crippen LogP contribution in [-0.4, -0.2) is 47.2 Å². The molecule has 4 rings (SSSR count). The van der Waals surface area contributed by atoms with Crippen LogP contribution in [0.5, 0.6) is 0 Å². The lowest BCUT2D eigenvalue weighted by Gasteiger charge is -2.18. The van der Waals surface area contributed by atoms with Gasteiger partial charge in [-0.1, -0.05) is 0 Å². The first-order chi connectivity index (χ1) is 19.2. The van der Waals surface area contributed by atoms with Crippen molar-refractivity contribution in [2.75, 3.05) is 6.26 Å². The second-order valence-corrected chi connectivity index (χ2v) is 14.4. The van der Waals surface area contributed by atoms with E-state index in [0.717, 1.165) is 35.9 Å². The molecule has 1 N–H and O–H groups in total. The van der Waals surface area contributed by atoms with Gasteiger partial charge in [0, 0.05) is 22.2 Å². The Labute approximate surface area is 251 Å². The summed E-state index contributed by atoms with van der Waals surface area (Å²) in [6.45, 7) is 5.06. The Kier molecular flexibility index (Phi) is 8.87. The first kappa shape index (κ1) is 30.6. The Morgan fingerprint density at radius 2 is 2.05 bits per heavy atom. The molecule has 216 valence electrons. The lowest BCUT2D eigenvalue weighted by Crippen LogP contribution is -2.31. The highest BCUT2D eigenvalue weighted by Gasteiger charge is 2.26. The van der Waals surface area contributed by atoms with Crippen LogP contribution in [0.1, 0.15) is 26.3 Å². The van der Waals surface area contributed by atoms with Crippen molar-refractivity contribution < 1.29 is 27.3 Å². The summed E-state index contributed by atoms with van der Waals surface area (Å²) in [5, 5.41) is 13.7. The number of imidazole rings is 1. The van der Waals surface area contributed by atoms with Crippen LogP contribution < -0.4 is 5.32 Å². The van der Waals surface area contributed by atoms with Gasteiger partial charge < -0.3 is 9.30 Å². The molecule has 0 saturated carbocycles. The highest BCUT2D eigenvalue weighted by Crippen LogP contribution is 2.42. The maximum Gasteiger partial charge on any atom is 0.412 e. The number of aromatic nitrogens is 2. The summed E-state index contributed by atoms with van der Waals surface area (Å²) in [5.74, 6) is -0.621. The zero-order valence-corrected chi connectivity index (χ0v) is 26.1. The standard InChI is InChI=1S/C25H23BrFN5O6S3/c1-25(2,3)38-24(33)29-12-28-23-20(10-21(39-4)40-23)41(36,37)16-8-17(26)22-19(9-16)30-13-31(22)11-14-7-15(32(34)35)5-6-18(14)27/h5-10,12-13H,11H2,1-4H3,(H,28,29,33). The summed E-state index contributed by atoms with van der Waals surface area (Å²) in [4.78, 5) is 30.8. The van der Waals surface area contributed by atoms with Crippen molar-refractivity contribution in [3.8, 4) is 0 Å². The topological polar surface area (TPSA) is 146 Å². The number of nitrogens with zero attached hydrogens (tertiary/aromatic N) is 4. The van der Waals surface area contributed by atoms with Crippen LogP contribution in [0.3, 0.4) is 0 Å². The minimum atomic E-state index is -4.10. The summed E-state index contributed by atoms with van der Waals surface area (Å²) in [6.07, 6.45) is 3.55. The van der Waals surface area contributed by atoms with Crippen molar-refractivity contribution in [3.63, 3.8) is 0 Å². The second-order valence-electron chi connectivity index (χ2n) is 9.52. The molecule has 0 aliphatic carbocycles. The van der Waals surface area contributed by atoms with Crippen LogP contribution in [0.25, 0.3) is 11.0 Å². The Balaban J connectivity index is 1.68. The summed E-state index contributed by atoms with van der Waals surface area (Å²) >= 11 is 5.90. The van der Waals surface area contributed by atoms with E-state index in [1.165, 1.54) is 36.3 Å². The zero-order valence-electron chi connectivity index (χ0n) is 22.0. The van der Waals surface area contributed by atoms with Crippen LogP contribution in [-0.2, 0) is 21.1 Å². The van der Waals surface area contributed by atoms with Crippen LogP contribution in [0.4, 0.5) is 19.9 Å². The van der Waals surface area contributed by atoms with Crippen molar-refractivity contribution >= 4 is 83.0 Å². The number of nitro benzene ring substituents is 1. The predicted molar refractivity (Wildman–Crippen MR) is 159 cm³/mol. The van der Waals surface area contributed by atoms with Crippen molar-refractivity contribution in [1.29, 1.82) is 0 Å². The predicted octanol–water partition coefficient (Wildman–Crippen LogP) is 6.70. The summed E-state index contributed by atoms with van der Waals surface area (Å²) in [7, 11) is -4.10. The van der Waals surface area contributed by atoms with Gasteiger partial charge in [0.15, 0.2) is 0 Å². The Bertz CT molecular complexity index is 1800. The fourth-order valence-corrected chi connectivity index (χ4v) is 7.91. The van der Waals surface area contributed by atoms with Gasteiger partial charge in [0.1, 0.15) is 21.3 Å². The number of benzene rings is 2. The number of nitro groups is 1. The van der Waals surface area contributed by atoms with Crippen molar-refractivity contribution in [2.24, 2.45) is 4.99 Å². The fourth-order valence-electron chi connectivity index (χ4n) is 3.69. The van der Waals surface area contributed by atoms with Gasteiger partial charge in [0.25, 0.3) is 5.69 Å². The number of fused-ring (bicyclic) bond motifs is 1. The van der Waals surface area contributed by atoms with Crippen LogP contribution >= 0.6 is 39.0 Å². The molecular weight excluding hydrogens is 661 g/mol. The molecule has 0 radical (unpaired) electrons. The SMILES string of the molecule is CSc1cc(S(=O)(=O)c2cc(Br)c3c(c2)ncn3Cc2cc([N+](=O)[O-])ccc2F)c(N=CNC(=O)OC(C)(C)C)s1. The Hall–Kier alpha value is -3.34. The number of alkyl carbamates (subject to hydrolysis) is 1. The molecule has 16 heteroatoms. The van der Waals surface area contributed by atoms with Crippen molar-refractivity contribution in [3.05, 3.63) is 68.7 Å². The number of ether oxygens (including phenoxy) is 1. The lowest BCUT2D eigenvalue weighted by molar-refractivity contribution is -0.385. The monoisotopic (exact) mass is 683 g/mol. The van der Waals surface area contributed by atoms with Gasteiger partial charge in [-0.3, -0.25) is 15.4 Å². The van der Waals surface area contributed by atoms with E-state index in [1.807, 2.05) is 0 Å². The number of thiophene rings is 1. The number of non-ortho nitro benzene ring substituents is 1. The largest absolute Gasteiger partial charge is 0.444 e. The maximum absolute atomic E-state index is 14.4. The molecule has 2 aromatic carbocycles. The Morgan fingerprint density at radius 3 is 2.71 bits per heavy atom. The molecule has 2 heterocycles. The smallest absolute Gasteiger partial charge is 0.412 e. The second kappa shape index (κ2) is 11.9. The van der Waals surface area contributed by atoms with E-state index in [0.29, 0.717) is 19.7 Å².